The lowest BCUT2D eigenvalue weighted by atomic mass is 9.98. The van der Waals surface area contributed by atoms with Crippen molar-refractivity contribution in [2.45, 2.75) is 25.3 Å². The van der Waals surface area contributed by atoms with Gasteiger partial charge in [-0.15, -0.1) is 10.2 Å². The molecule has 0 spiro atoms. The van der Waals surface area contributed by atoms with Crippen LogP contribution in [0.3, 0.4) is 0 Å². The third kappa shape index (κ3) is 4.28. The summed E-state index contributed by atoms with van der Waals surface area (Å²) in [6.07, 6.45) is 3.77. The van der Waals surface area contributed by atoms with Gasteiger partial charge in [-0.05, 0) is 61.9 Å². The van der Waals surface area contributed by atoms with E-state index in [0.717, 1.165) is 76.9 Å². The van der Waals surface area contributed by atoms with Crippen LogP contribution in [0.4, 0.5) is 0 Å². The van der Waals surface area contributed by atoms with Crippen LogP contribution in [-0.2, 0) is 6.54 Å². The van der Waals surface area contributed by atoms with E-state index in [-0.39, 0.29) is 5.92 Å². The maximum absolute atomic E-state index is 6.21. The molecule has 8 nitrogen and oxygen atoms in total. The highest BCUT2D eigenvalue weighted by molar-refractivity contribution is 6.29. The van der Waals surface area contributed by atoms with Crippen LogP contribution in [0, 0.1) is 0 Å². The molecular formula is C28H23ClN6O2. The first-order valence-electron chi connectivity index (χ1n) is 12.3. The highest BCUT2D eigenvalue weighted by Crippen LogP contribution is 2.33. The Morgan fingerprint density at radius 2 is 1.95 bits per heavy atom. The second kappa shape index (κ2) is 9.14. The number of piperidine rings is 1. The average Bonchev–Trinajstić information content (AvgIpc) is 3.66. The van der Waals surface area contributed by atoms with Gasteiger partial charge >= 0.3 is 0 Å². The van der Waals surface area contributed by atoms with E-state index in [1.54, 1.807) is 12.3 Å². The zero-order valence-corrected chi connectivity index (χ0v) is 20.7. The molecule has 0 saturated carbocycles. The summed E-state index contributed by atoms with van der Waals surface area (Å²) in [5.74, 6) is 2.35. The first-order chi connectivity index (χ1) is 18.2. The minimum absolute atomic E-state index is 0.187. The Bertz CT molecular complexity index is 1690. The number of nitrogens with one attached hydrogen (secondary N) is 1. The standard InChI is InChI=1S/C28H23ClN6O2/c29-25-14-18(9-10-30-25)26-22-13-19(7-8-23(22)31-32-26)27-33-34-28(37-27)20-5-3-11-35(15-20)16-21-12-17-4-1-2-6-24(17)36-21/h1-2,4,6-10,12-14,20H,3,5,11,15-16H2,(H,31,32)/t20-/m1/s1. The number of aromatic amines is 1. The van der Waals surface area contributed by atoms with Crippen molar-refractivity contribution >= 4 is 33.5 Å². The number of pyridine rings is 1. The lowest BCUT2D eigenvalue weighted by molar-refractivity contribution is 0.176. The molecule has 1 fully saturated rings. The molecule has 0 radical (unpaired) electrons. The molecule has 1 saturated heterocycles. The lowest BCUT2D eigenvalue weighted by Gasteiger charge is -2.30. The number of rotatable bonds is 5. The first kappa shape index (κ1) is 22.2. The summed E-state index contributed by atoms with van der Waals surface area (Å²) in [6.45, 7) is 2.64. The number of fused-ring (bicyclic) bond motifs is 2. The molecule has 7 rings (SSSR count). The number of aromatic nitrogens is 5. The van der Waals surface area contributed by atoms with Crippen LogP contribution in [0.5, 0.6) is 0 Å². The van der Waals surface area contributed by atoms with E-state index in [1.165, 1.54) is 0 Å². The molecule has 0 aliphatic carbocycles. The number of hydrogen-bond acceptors (Lipinski definition) is 7. The minimum atomic E-state index is 0.187. The van der Waals surface area contributed by atoms with Crippen LogP contribution in [-0.4, -0.2) is 43.4 Å². The van der Waals surface area contributed by atoms with Crippen LogP contribution < -0.4 is 0 Å². The summed E-state index contributed by atoms with van der Waals surface area (Å²) in [7, 11) is 0. The fraction of sp³-hybridized carbons (Fsp3) is 0.214. The number of hydrogen-bond donors (Lipinski definition) is 1. The Morgan fingerprint density at radius 1 is 1.00 bits per heavy atom. The molecular weight excluding hydrogens is 488 g/mol. The van der Waals surface area contributed by atoms with Crippen molar-refractivity contribution < 1.29 is 8.83 Å². The van der Waals surface area contributed by atoms with E-state index in [1.807, 2.05) is 42.5 Å². The van der Waals surface area contributed by atoms with E-state index in [9.17, 15) is 0 Å². The van der Waals surface area contributed by atoms with Crippen LogP contribution >= 0.6 is 11.6 Å². The van der Waals surface area contributed by atoms with Crippen LogP contribution in [0.2, 0.25) is 5.15 Å². The summed E-state index contributed by atoms with van der Waals surface area (Å²) in [5.41, 5.74) is 4.39. The third-order valence-corrected chi connectivity index (χ3v) is 7.17. The maximum atomic E-state index is 6.21. The van der Waals surface area contributed by atoms with E-state index >= 15 is 0 Å². The topological polar surface area (TPSA) is 96.9 Å². The summed E-state index contributed by atoms with van der Waals surface area (Å²) in [6, 6.07) is 19.9. The Hall–Kier alpha value is -4.01. The van der Waals surface area contributed by atoms with Crippen LogP contribution in [0.1, 0.15) is 30.4 Å². The largest absolute Gasteiger partial charge is 0.460 e. The zero-order valence-electron chi connectivity index (χ0n) is 19.9. The van der Waals surface area contributed by atoms with Gasteiger partial charge in [0.25, 0.3) is 0 Å². The molecule has 184 valence electrons. The highest BCUT2D eigenvalue weighted by Gasteiger charge is 2.27. The summed E-state index contributed by atoms with van der Waals surface area (Å²) >= 11 is 6.10. The molecule has 0 amide bonds. The first-order valence-corrected chi connectivity index (χ1v) is 12.7. The highest BCUT2D eigenvalue weighted by atomic mass is 35.5. The Morgan fingerprint density at radius 3 is 2.86 bits per heavy atom. The number of H-pyrrole nitrogens is 1. The van der Waals surface area contributed by atoms with Crippen molar-refractivity contribution in [3.05, 3.63) is 83.7 Å². The monoisotopic (exact) mass is 510 g/mol. The maximum Gasteiger partial charge on any atom is 0.247 e. The molecule has 1 atom stereocenters. The van der Waals surface area contributed by atoms with Gasteiger partial charge in [0, 0.05) is 34.6 Å². The Kier molecular flexibility index (Phi) is 5.48. The van der Waals surface area contributed by atoms with Gasteiger partial charge in [0.15, 0.2) is 0 Å². The van der Waals surface area contributed by atoms with E-state index in [2.05, 4.69) is 42.4 Å². The minimum Gasteiger partial charge on any atom is -0.460 e. The molecule has 5 heterocycles. The summed E-state index contributed by atoms with van der Waals surface area (Å²) in [4.78, 5) is 6.47. The molecule has 37 heavy (non-hydrogen) atoms. The van der Waals surface area contributed by atoms with Gasteiger partial charge < -0.3 is 8.83 Å². The van der Waals surface area contributed by atoms with E-state index in [0.29, 0.717) is 16.9 Å². The van der Waals surface area contributed by atoms with Gasteiger partial charge in [-0.25, -0.2) is 4.98 Å². The normalized spacial score (nSPS) is 16.6. The van der Waals surface area contributed by atoms with Crippen molar-refractivity contribution in [3.63, 3.8) is 0 Å². The average molecular weight is 511 g/mol. The molecule has 1 aliphatic heterocycles. The second-order valence-corrected chi connectivity index (χ2v) is 9.86. The second-order valence-electron chi connectivity index (χ2n) is 9.47. The SMILES string of the molecule is Clc1cc(-c2n[nH]c3ccc(-c4nnc([C@@H]5CCCN(Cc6cc7ccccc7o6)C5)o4)cc23)ccn1. The fourth-order valence-electron chi connectivity index (χ4n) is 5.17. The van der Waals surface area contributed by atoms with Crippen molar-refractivity contribution in [1.82, 2.24) is 30.3 Å². The van der Waals surface area contributed by atoms with Crippen molar-refractivity contribution in [1.29, 1.82) is 0 Å². The Balaban J connectivity index is 1.12. The predicted octanol–water partition coefficient (Wildman–Crippen LogP) is 6.45. The summed E-state index contributed by atoms with van der Waals surface area (Å²) < 4.78 is 12.3. The molecule has 2 aromatic carbocycles. The molecule has 0 unspecified atom stereocenters. The molecule has 4 aromatic heterocycles. The predicted molar refractivity (Wildman–Crippen MR) is 141 cm³/mol. The van der Waals surface area contributed by atoms with Crippen molar-refractivity contribution in [2.75, 3.05) is 13.1 Å². The van der Waals surface area contributed by atoms with Gasteiger partial charge in [0.05, 0.1) is 18.0 Å². The van der Waals surface area contributed by atoms with Gasteiger partial charge in [0.1, 0.15) is 22.2 Å². The van der Waals surface area contributed by atoms with Crippen LogP contribution in [0.25, 0.3) is 44.6 Å². The number of benzene rings is 2. The molecule has 0 bridgehead atoms. The van der Waals surface area contributed by atoms with Crippen molar-refractivity contribution in [2.24, 2.45) is 0 Å². The number of likely N-dealkylation sites (tertiary alicyclic amines) is 1. The van der Waals surface area contributed by atoms with E-state index in [4.69, 9.17) is 20.4 Å². The van der Waals surface area contributed by atoms with Gasteiger partial charge in [0.2, 0.25) is 11.8 Å². The zero-order chi connectivity index (χ0) is 24.8. The summed E-state index contributed by atoms with van der Waals surface area (Å²) in [5, 5.41) is 18.9. The number of furan rings is 1. The van der Waals surface area contributed by atoms with Crippen LogP contribution in [0.15, 0.2) is 75.7 Å². The third-order valence-electron chi connectivity index (χ3n) is 6.96. The molecule has 1 aliphatic rings. The van der Waals surface area contributed by atoms with Gasteiger partial charge in [-0.1, -0.05) is 29.8 Å². The van der Waals surface area contributed by atoms with Crippen molar-refractivity contribution in [3.8, 4) is 22.7 Å². The lowest BCUT2D eigenvalue weighted by Crippen LogP contribution is -2.33. The van der Waals surface area contributed by atoms with E-state index < -0.39 is 0 Å². The fourth-order valence-corrected chi connectivity index (χ4v) is 5.34. The number of para-hydroxylation sites is 1. The Labute approximate surface area is 217 Å². The number of nitrogens with zero attached hydrogens (tertiary/aromatic N) is 5. The number of halogens is 1. The van der Waals surface area contributed by atoms with Gasteiger partial charge in [-0.3, -0.25) is 10.00 Å². The van der Waals surface area contributed by atoms with Gasteiger partial charge in [-0.2, -0.15) is 5.10 Å². The smallest absolute Gasteiger partial charge is 0.247 e. The molecule has 1 N–H and O–H groups in total. The molecule has 9 heteroatoms. The quantitative estimate of drug-likeness (QED) is 0.266. The molecule has 6 aromatic rings.